The van der Waals surface area contributed by atoms with Gasteiger partial charge in [-0.1, -0.05) is 20.8 Å². The minimum atomic E-state index is -3.32. The van der Waals surface area contributed by atoms with Gasteiger partial charge in [-0.15, -0.1) is 11.3 Å². The molecular formula is C12H22N2O2S2. The van der Waals surface area contributed by atoms with Gasteiger partial charge in [0.1, 0.15) is 4.21 Å². The minimum absolute atomic E-state index is 0.313. The van der Waals surface area contributed by atoms with Crippen molar-refractivity contribution in [3.63, 3.8) is 0 Å². The smallest absolute Gasteiger partial charge is 0.250 e. The molecular weight excluding hydrogens is 268 g/mol. The first-order valence-corrected chi connectivity index (χ1v) is 8.54. The van der Waals surface area contributed by atoms with Crippen LogP contribution in [-0.4, -0.2) is 28.1 Å². The number of hydrogen-bond donors (Lipinski definition) is 2. The highest BCUT2D eigenvalue weighted by atomic mass is 32.2. The van der Waals surface area contributed by atoms with Crippen molar-refractivity contribution in [1.29, 1.82) is 0 Å². The lowest BCUT2D eigenvalue weighted by atomic mass is 10.2. The van der Waals surface area contributed by atoms with E-state index in [2.05, 4.69) is 17.0 Å². The predicted molar refractivity (Wildman–Crippen MR) is 76.6 cm³/mol. The molecule has 1 heterocycles. The summed E-state index contributed by atoms with van der Waals surface area (Å²) in [7, 11) is -3.32. The summed E-state index contributed by atoms with van der Waals surface area (Å²) in [5.41, 5.74) is 0. The maximum Gasteiger partial charge on any atom is 0.250 e. The average molecular weight is 290 g/mol. The van der Waals surface area contributed by atoms with Crippen molar-refractivity contribution in [2.45, 2.75) is 31.4 Å². The van der Waals surface area contributed by atoms with Crippen LogP contribution >= 0.6 is 11.3 Å². The Hall–Kier alpha value is -0.430. The van der Waals surface area contributed by atoms with Crippen LogP contribution < -0.4 is 10.0 Å². The van der Waals surface area contributed by atoms with E-state index < -0.39 is 10.0 Å². The van der Waals surface area contributed by atoms with E-state index in [-0.39, 0.29) is 0 Å². The summed E-state index contributed by atoms with van der Waals surface area (Å²) in [6.45, 7) is 8.33. The SMILES string of the molecule is CCNCCc1ccc(S(=O)(=O)NCC(C)C)s1. The first kappa shape index (κ1) is 15.6. The van der Waals surface area contributed by atoms with Gasteiger partial charge in [-0.3, -0.25) is 0 Å². The zero-order valence-electron chi connectivity index (χ0n) is 11.2. The van der Waals surface area contributed by atoms with Crippen LogP contribution in [0.4, 0.5) is 0 Å². The Morgan fingerprint density at radius 3 is 2.67 bits per heavy atom. The van der Waals surface area contributed by atoms with Gasteiger partial charge >= 0.3 is 0 Å². The van der Waals surface area contributed by atoms with E-state index in [0.29, 0.717) is 16.7 Å². The topological polar surface area (TPSA) is 58.2 Å². The second-order valence-corrected chi connectivity index (χ2v) is 7.73. The Balaban J connectivity index is 2.60. The maximum atomic E-state index is 12.0. The minimum Gasteiger partial charge on any atom is -0.317 e. The van der Waals surface area contributed by atoms with Crippen LogP contribution in [0.3, 0.4) is 0 Å². The maximum absolute atomic E-state index is 12.0. The molecule has 104 valence electrons. The summed E-state index contributed by atoms with van der Waals surface area (Å²) in [4.78, 5) is 1.10. The zero-order valence-corrected chi connectivity index (χ0v) is 12.8. The molecule has 4 nitrogen and oxygen atoms in total. The Kier molecular flexibility index (Phi) is 6.28. The van der Waals surface area contributed by atoms with E-state index in [1.165, 1.54) is 11.3 Å². The number of hydrogen-bond acceptors (Lipinski definition) is 4. The van der Waals surface area contributed by atoms with Gasteiger partial charge < -0.3 is 5.32 Å². The zero-order chi connectivity index (χ0) is 13.6. The van der Waals surface area contributed by atoms with Gasteiger partial charge in [0.05, 0.1) is 0 Å². The molecule has 0 aliphatic rings. The molecule has 2 N–H and O–H groups in total. The van der Waals surface area contributed by atoms with E-state index in [4.69, 9.17) is 0 Å². The van der Waals surface area contributed by atoms with Gasteiger partial charge in [-0.05, 0) is 37.6 Å². The molecule has 0 fully saturated rings. The molecule has 0 spiro atoms. The molecule has 18 heavy (non-hydrogen) atoms. The lowest BCUT2D eigenvalue weighted by Gasteiger charge is -2.06. The number of thiophene rings is 1. The van der Waals surface area contributed by atoms with Crippen LogP contribution in [0.15, 0.2) is 16.3 Å². The lowest BCUT2D eigenvalue weighted by molar-refractivity contribution is 0.562. The monoisotopic (exact) mass is 290 g/mol. The van der Waals surface area contributed by atoms with Crippen LogP contribution in [-0.2, 0) is 16.4 Å². The molecule has 6 heteroatoms. The van der Waals surface area contributed by atoms with Gasteiger partial charge in [-0.2, -0.15) is 0 Å². The van der Waals surface area contributed by atoms with Crippen LogP contribution in [0, 0.1) is 5.92 Å². The highest BCUT2D eigenvalue weighted by Gasteiger charge is 2.16. The Labute approximate surface area is 114 Å². The van der Waals surface area contributed by atoms with Crippen molar-refractivity contribution < 1.29 is 8.42 Å². The van der Waals surface area contributed by atoms with Crippen LogP contribution in [0.2, 0.25) is 0 Å². The Morgan fingerprint density at radius 2 is 2.06 bits per heavy atom. The highest BCUT2D eigenvalue weighted by molar-refractivity contribution is 7.91. The first-order valence-electron chi connectivity index (χ1n) is 6.24. The molecule has 0 saturated carbocycles. The Bertz CT molecular complexity index is 452. The molecule has 0 amide bonds. The third-order valence-electron chi connectivity index (χ3n) is 2.38. The van der Waals surface area contributed by atoms with Crippen LogP contribution in [0.5, 0.6) is 0 Å². The van der Waals surface area contributed by atoms with Crippen molar-refractivity contribution in [2.24, 2.45) is 5.92 Å². The summed E-state index contributed by atoms with van der Waals surface area (Å²) < 4.78 is 27.0. The predicted octanol–water partition coefficient (Wildman–Crippen LogP) is 1.83. The number of nitrogens with one attached hydrogen (secondary N) is 2. The average Bonchev–Trinajstić information content (AvgIpc) is 2.76. The molecule has 1 aromatic heterocycles. The summed E-state index contributed by atoms with van der Waals surface area (Å²) in [5, 5.41) is 3.23. The van der Waals surface area contributed by atoms with Gasteiger partial charge in [0, 0.05) is 11.4 Å². The normalized spacial score (nSPS) is 12.2. The highest BCUT2D eigenvalue weighted by Crippen LogP contribution is 2.21. The van der Waals surface area contributed by atoms with Crippen molar-refractivity contribution in [1.82, 2.24) is 10.0 Å². The van der Waals surface area contributed by atoms with E-state index >= 15 is 0 Å². The molecule has 0 atom stereocenters. The van der Waals surface area contributed by atoms with E-state index in [1.807, 2.05) is 19.9 Å². The molecule has 1 rings (SSSR count). The fourth-order valence-electron chi connectivity index (χ4n) is 1.37. The largest absolute Gasteiger partial charge is 0.317 e. The fourth-order valence-corrected chi connectivity index (χ4v) is 3.99. The van der Waals surface area contributed by atoms with Crippen LogP contribution in [0.1, 0.15) is 25.6 Å². The number of likely N-dealkylation sites (N-methyl/N-ethyl adjacent to an activating group) is 1. The quantitative estimate of drug-likeness (QED) is 0.718. The van der Waals surface area contributed by atoms with Crippen molar-refractivity contribution in [3.05, 3.63) is 17.0 Å². The second-order valence-electron chi connectivity index (χ2n) is 4.57. The van der Waals surface area contributed by atoms with E-state index in [9.17, 15) is 8.42 Å². The van der Waals surface area contributed by atoms with Gasteiger partial charge in [0.25, 0.3) is 0 Å². The molecule has 0 bridgehead atoms. The van der Waals surface area contributed by atoms with Crippen LogP contribution in [0.25, 0.3) is 0 Å². The summed E-state index contributed by atoms with van der Waals surface area (Å²) in [6, 6.07) is 3.58. The molecule has 0 unspecified atom stereocenters. The second kappa shape index (κ2) is 7.23. The van der Waals surface area contributed by atoms with Crippen molar-refractivity contribution >= 4 is 21.4 Å². The molecule has 0 aromatic carbocycles. The van der Waals surface area contributed by atoms with E-state index in [0.717, 1.165) is 24.4 Å². The third-order valence-corrected chi connectivity index (χ3v) is 5.44. The molecule has 0 aliphatic carbocycles. The molecule has 1 aromatic rings. The molecule has 0 radical (unpaired) electrons. The summed E-state index contributed by atoms with van der Waals surface area (Å²) in [5.74, 6) is 0.313. The molecule has 0 saturated heterocycles. The van der Waals surface area contributed by atoms with E-state index in [1.54, 1.807) is 6.07 Å². The Morgan fingerprint density at radius 1 is 1.33 bits per heavy atom. The fraction of sp³-hybridized carbons (Fsp3) is 0.667. The molecule has 0 aliphatic heterocycles. The third kappa shape index (κ3) is 5.06. The lowest BCUT2D eigenvalue weighted by Crippen LogP contribution is -2.26. The van der Waals surface area contributed by atoms with Crippen molar-refractivity contribution in [2.75, 3.05) is 19.6 Å². The summed E-state index contributed by atoms with van der Waals surface area (Å²) >= 11 is 1.35. The first-order chi connectivity index (χ1) is 8.45. The summed E-state index contributed by atoms with van der Waals surface area (Å²) in [6.07, 6.45) is 0.873. The standard InChI is InChI=1S/C12H22N2O2S2/c1-4-13-8-7-11-5-6-12(17-11)18(15,16)14-9-10(2)3/h5-6,10,13-14H,4,7-9H2,1-3H3. The number of sulfonamides is 1. The van der Waals surface area contributed by atoms with Crippen molar-refractivity contribution in [3.8, 4) is 0 Å². The van der Waals surface area contributed by atoms with Gasteiger partial charge in [0.15, 0.2) is 0 Å². The van der Waals surface area contributed by atoms with Gasteiger partial charge in [0.2, 0.25) is 10.0 Å². The van der Waals surface area contributed by atoms with Gasteiger partial charge in [-0.25, -0.2) is 13.1 Å². The number of rotatable bonds is 8.